The van der Waals surface area contributed by atoms with Crippen molar-refractivity contribution in [1.82, 2.24) is 25.0 Å². The van der Waals surface area contributed by atoms with E-state index in [9.17, 15) is 0 Å². The molecule has 118 valence electrons. The Kier molecular flexibility index (Phi) is 3.82. The van der Waals surface area contributed by atoms with Crippen molar-refractivity contribution in [3.8, 4) is 0 Å². The molecule has 0 aromatic carbocycles. The van der Waals surface area contributed by atoms with Gasteiger partial charge in [0, 0.05) is 30.2 Å². The van der Waals surface area contributed by atoms with Crippen LogP contribution in [0, 0.1) is 0 Å². The van der Waals surface area contributed by atoms with Crippen molar-refractivity contribution in [2.24, 2.45) is 0 Å². The summed E-state index contributed by atoms with van der Waals surface area (Å²) >= 11 is 0. The first-order chi connectivity index (χ1) is 9.92. The van der Waals surface area contributed by atoms with Crippen LogP contribution in [0.1, 0.15) is 65.2 Å². The summed E-state index contributed by atoms with van der Waals surface area (Å²) in [5, 5.41) is 8.15. The number of aromatic nitrogens is 3. The Morgan fingerprint density at radius 3 is 2.67 bits per heavy atom. The molecule has 1 aromatic heterocycles. The topological polar surface area (TPSA) is 46.0 Å². The van der Waals surface area contributed by atoms with E-state index in [0.29, 0.717) is 11.6 Å². The van der Waals surface area contributed by atoms with E-state index < -0.39 is 0 Å². The summed E-state index contributed by atoms with van der Waals surface area (Å²) in [5.41, 5.74) is 0.514. The van der Waals surface area contributed by atoms with Crippen LogP contribution >= 0.6 is 0 Å². The van der Waals surface area contributed by atoms with E-state index in [4.69, 9.17) is 0 Å². The first-order valence-electron chi connectivity index (χ1n) is 8.30. The summed E-state index contributed by atoms with van der Waals surface area (Å²) in [6, 6.07) is 0.373. The van der Waals surface area contributed by atoms with Crippen LogP contribution in [0.4, 0.5) is 0 Å². The molecule has 0 atom stereocenters. The lowest BCUT2D eigenvalue weighted by Gasteiger charge is -2.51. The molecule has 1 saturated heterocycles. The molecule has 0 bridgehead atoms. The average Bonchev–Trinajstić information content (AvgIpc) is 3.03. The van der Waals surface area contributed by atoms with Gasteiger partial charge >= 0.3 is 0 Å². The quantitative estimate of drug-likeness (QED) is 0.928. The molecule has 0 amide bonds. The minimum Gasteiger partial charge on any atom is -0.309 e. The minimum absolute atomic E-state index is 0.177. The lowest BCUT2D eigenvalue weighted by atomic mass is 9.87. The third kappa shape index (κ3) is 2.86. The fourth-order valence-corrected chi connectivity index (χ4v) is 3.96. The van der Waals surface area contributed by atoms with Crippen molar-refractivity contribution in [2.45, 2.75) is 77.0 Å². The molecule has 0 unspecified atom stereocenters. The number of nitrogens with one attached hydrogen (secondary N) is 1. The zero-order valence-electron chi connectivity index (χ0n) is 13.9. The normalized spacial score (nSPS) is 25.0. The molecule has 1 aromatic rings. The second kappa shape index (κ2) is 5.36. The molecule has 1 aliphatic heterocycles. The highest BCUT2D eigenvalue weighted by Crippen LogP contribution is 2.39. The van der Waals surface area contributed by atoms with Crippen molar-refractivity contribution >= 4 is 0 Å². The van der Waals surface area contributed by atoms with E-state index in [0.717, 1.165) is 25.5 Å². The highest BCUT2D eigenvalue weighted by molar-refractivity contribution is 5.06. The van der Waals surface area contributed by atoms with Gasteiger partial charge in [-0.3, -0.25) is 4.90 Å². The van der Waals surface area contributed by atoms with Crippen LogP contribution in [0.5, 0.6) is 0 Å². The van der Waals surface area contributed by atoms with E-state index in [1.165, 1.54) is 25.7 Å². The first kappa shape index (κ1) is 15.0. The largest absolute Gasteiger partial charge is 0.309 e. The summed E-state index contributed by atoms with van der Waals surface area (Å²) in [6.45, 7) is 12.1. The number of hydrogen-bond acceptors (Lipinski definition) is 4. The Morgan fingerprint density at radius 2 is 2.00 bits per heavy atom. The minimum atomic E-state index is 0.177. The molecule has 1 N–H and O–H groups in total. The maximum absolute atomic E-state index is 4.52. The average molecular weight is 291 g/mol. The van der Waals surface area contributed by atoms with E-state index in [1.807, 2.05) is 0 Å². The van der Waals surface area contributed by atoms with E-state index in [1.54, 1.807) is 6.33 Å². The summed E-state index contributed by atoms with van der Waals surface area (Å²) in [5.74, 6) is 1.11. The van der Waals surface area contributed by atoms with Crippen molar-refractivity contribution < 1.29 is 0 Å². The first-order valence-corrected chi connectivity index (χ1v) is 8.30. The number of piperazine rings is 1. The number of hydrogen-bond donors (Lipinski definition) is 1. The van der Waals surface area contributed by atoms with Gasteiger partial charge in [-0.1, -0.05) is 12.8 Å². The predicted octanol–water partition coefficient (Wildman–Crippen LogP) is 2.36. The molecular formula is C16H29N5. The van der Waals surface area contributed by atoms with Crippen molar-refractivity contribution in [1.29, 1.82) is 0 Å². The van der Waals surface area contributed by atoms with E-state index in [-0.39, 0.29) is 5.54 Å². The number of nitrogens with zero attached hydrogens (tertiary/aromatic N) is 4. The SMILES string of the molecule is CC(C)n1ncnc1CN1CC(C)(C)NCC12CCCC2. The predicted molar refractivity (Wildman–Crippen MR) is 84.1 cm³/mol. The molecule has 2 fully saturated rings. The Labute approximate surface area is 128 Å². The van der Waals surface area contributed by atoms with Crippen LogP contribution in [0.25, 0.3) is 0 Å². The number of rotatable bonds is 3. The van der Waals surface area contributed by atoms with Gasteiger partial charge in [0.25, 0.3) is 0 Å². The lowest BCUT2D eigenvalue weighted by Crippen LogP contribution is -2.67. The summed E-state index contributed by atoms with van der Waals surface area (Å²) in [4.78, 5) is 7.20. The Balaban J connectivity index is 1.84. The maximum Gasteiger partial charge on any atom is 0.141 e. The van der Waals surface area contributed by atoms with Crippen molar-refractivity contribution in [2.75, 3.05) is 13.1 Å². The third-order valence-electron chi connectivity index (χ3n) is 5.16. The Bertz CT molecular complexity index is 485. The molecule has 1 saturated carbocycles. The molecule has 2 heterocycles. The van der Waals surface area contributed by atoms with Crippen LogP contribution in [-0.4, -0.2) is 43.8 Å². The maximum atomic E-state index is 4.52. The summed E-state index contributed by atoms with van der Waals surface area (Å²) in [7, 11) is 0. The molecule has 1 aliphatic carbocycles. The van der Waals surface area contributed by atoms with Crippen LogP contribution in [0.3, 0.4) is 0 Å². The van der Waals surface area contributed by atoms with E-state index in [2.05, 4.69) is 52.7 Å². The molecule has 2 aliphatic rings. The van der Waals surface area contributed by atoms with Gasteiger partial charge in [-0.2, -0.15) is 5.10 Å². The molecule has 5 nitrogen and oxygen atoms in total. The van der Waals surface area contributed by atoms with Gasteiger partial charge in [0.05, 0.1) is 6.54 Å². The van der Waals surface area contributed by atoms with Crippen molar-refractivity contribution in [3.63, 3.8) is 0 Å². The third-order valence-corrected chi connectivity index (χ3v) is 5.16. The van der Waals surface area contributed by atoms with Crippen LogP contribution in [0.15, 0.2) is 6.33 Å². The van der Waals surface area contributed by atoms with Gasteiger partial charge in [0.15, 0.2) is 0 Å². The summed E-state index contributed by atoms with van der Waals surface area (Å²) < 4.78 is 2.07. The monoisotopic (exact) mass is 291 g/mol. The van der Waals surface area contributed by atoms with Gasteiger partial charge in [-0.25, -0.2) is 9.67 Å². The van der Waals surface area contributed by atoms with Crippen molar-refractivity contribution in [3.05, 3.63) is 12.2 Å². The Hall–Kier alpha value is -0.940. The molecule has 0 radical (unpaired) electrons. The fourth-order valence-electron chi connectivity index (χ4n) is 3.96. The molecule has 21 heavy (non-hydrogen) atoms. The smallest absolute Gasteiger partial charge is 0.141 e. The second-order valence-corrected chi connectivity index (χ2v) is 7.74. The molecular weight excluding hydrogens is 262 g/mol. The zero-order valence-corrected chi connectivity index (χ0v) is 13.9. The van der Waals surface area contributed by atoms with Gasteiger partial charge < -0.3 is 5.32 Å². The van der Waals surface area contributed by atoms with Gasteiger partial charge in [0.1, 0.15) is 12.2 Å². The van der Waals surface area contributed by atoms with E-state index >= 15 is 0 Å². The molecule has 1 spiro atoms. The zero-order chi connectivity index (χ0) is 15.1. The van der Waals surface area contributed by atoms with Gasteiger partial charge in [-0.15, -0.1) is 0 Å². The molecule has 5 heteroatoms. The van der Waals surface area contributed by atoms with Crippen LogP contribution in [0.2, 0.25) is 0 Å². The fraction of sp³-hybridized carbons (Fsp3) is 0.875. The highest BCUT2D eigenvalue weighted by atomic mass is 15.4. The lowest BCUT2D eigenvalue weighted by molar-refractivity contribution is 0.00907. The Morgan fingerprint density at radius 1 is 1.29 bits per heavy atom. The van der Waals surface area contributed by atoms with Crippen LogP contribution in [-0.2, 0) is 6.54 Å². The van der Waals surface area contributed by atoms with Gasteiger partial charge in [-0.05, 0) is 40.5 Å². The highest BCUT2D eigenvalue weighted by Gasteiger charge is 2.45. The van der Waals surface area contributed by atoms with Crippen LogP contribution < -0.4 is 5.32 Å². The second-order valence-electron chi connectivity index (χ2n) is 7.74. The standard InChI is InChI=1S/C16H29N5/c1-13(2)21-14(17-12-19-21)9-20-11-15(3,4)18-10-16(20)7-5-6-8-16/h12-13,18H,5-11H2,1-4H3. The molecule has 3 rings (SSSR count). The van der Waals surface area contributed by atoms with Gasteiger partial charge in [0.2, 0.25) is 0 Å². The summed E-state index contributed by atoms with van der Waals surface area (Å²) in [6.07, 6.45) is 7.03.